The van der Waals surface area contributed by atoms with Gasteiger partial charge in [0, 0.05) is 0 Å². The molecule has 0 aromatic rings. The van der Waals surface area contributed by atoms with E-state index in [4.69, 9.17) is 0 Å². The van der Waals surface area contributed by atoms with Crippen molar-refractivity contribution in [3.8, 4) is 0 Å². The molecule has 0 saturated heterocycles. The molecule has 1 aliphatic heterocycles. The molecule has 8 saturated carbocycles. The molecule has 0 amide bonds. The minimum atomic E-state index is -1.91. The number of allylic oxidation sites excluding steroid dienone is 3. The summed E-state index contributed by atoms with van der Waals surface area (Å²) in [7, 11) is 0. The van der Waals surface area contributed by atoms with E-state index < -0.39 is 13.8 Å². The molecule has 0 spiro atoms. The van der Waals surface area contributed by atoms with E-state index in [0.29, 0.717) is 10.8 Å². The quantitative estimate of drug-likeness (QED) is 0.522. The molecule has 8 bridgehead atoms. The molecule has 8 aliphatic carbocycles. The number of rotatable bonds is 2. The van der Waals surface area contributed by atoms with E-state index in [1.807, 2.05) is 0 Å². The van der Waals surface area contributed by atoms with E-state index in [-0.39, 0.29) is 0 Å². The fourth-order valence-corrected chi connectivity index (χ4v) is 13.3. The zero-order chi connectivity index (χ0) is 17.1. The van der Waals surface area contributed by atoms with Gasteiger partial charge in [-0.1, -0.05) is 0 Å². The Hall–Kier alpha value is -0.201. The first kappa shape index (κ1) is 15.7. The zero-order valence-electron chi connectivity index (χ0n) is 15.9. The average molecular weight is 415 g/mol. The molecule has 8 fully saturated rings. The molecule has 1 unspecified atom stereocenters. The molecule has 0 aromatic heterocycles. The molecule has 1 heterocycles. The molecule has 1 atom stereocenters. The summed E-state index contributed by atoms with van der Waals surface area (Å²) in [5.41, 5.74) is 2.41. The maximum atomic E-state index is 13.5. The molecule has 0 N–H and O–H groups in total. The van der Waals surface area contributed by atoms with Gasteiger partial charge in [-0.2, -0.15) is 0 Å². The molecule has 0 aromatic carbocycles. The summed E-state index contributed by atoms with van der Waals surface area (Å²) in [6.07, 6.45) is 20.0. The van der Waals surface area contributed by atoms with Gasteiger partial charge in [-0.3, -0.25) is 0 Å². The summed E-state index contributed by atoms with van der Waals surface area (Å²) in [5.74, 6) is 5.86. The van der Waals surface area contributed by atoms with Crippen molar-refractivity contribution in [3.63, 3.8) is 0 Å². The Morgan fingerprint density at radius 2 is 1.04 bits per heavy atom. The third-order valence-corrected chi connectivity index (χ3v) is 13.0. The minimum absolute atomic E-state index is 0.377. The van der Waals surface area contributed by atoms with Crippen molar-refractivity contribution in [2.75, 3.05) is 0 Å². The van der Waals surface area contributed by atoms with Gasteiger partial charge in [-0.15, -0.1) is 0 Å². The number of hydrogen-bond acceptors (Lipinski definition) is 1. The molecule has 26 heavy (non-hydrogen) atoms. The van der Waals surface area contributed by atoms with E-state index in [2.05, 4.69) is 11.1 Å². The zero-order valence-corrected chi connectivity index (χ0v) is 17.6. The molecule has 2 heteroatoms. The van der Waals surface area contributed by atoms with E-state index in [9.17, 15) is 3.83 Å². The molecule has 9 rings (SSSR count). The maximum absolute atomic E-state index is 13.5. The fraction of sp³-hybridized carbons (Fsp3) is 0.833. The van der Waals surface area contributed by atoms with Gasteiger partial charge in [0.25, 0.3) is 0 Å². The van der Waals surface area contributed by atoms with Gasteiger partial charge in [-0.25, -0.2) is 0 Å². The fourth-order valence-electron chi connectivity index (χ4n) is 9.93. The Bertz CT molecular complexity index is 641. The Labute approximate surface area is 162 Å². The van der Waals surface area contributed by atoms with Crippen LogP contribution in [-0.4, -0.2) is 13.8 Å². The summed E-state index contributed by atoms with van der Waals surface area (Å²) in [5, 5.41) is 0. The second-order valence-electron chi connectivity index (χ2n) is 11.8. The van der Waals surface area contributed by atoms with E-state index in [1.54, 1.807) is 5.57 Å². The molecule has 1 nitrogen and oxygen atoms in total. The molecule has 0 radical (unpaired) electrons. The van der Waals surface area contributed by atoms with Crippen molar-refractivity contribution in [1.82, 2.24) is 0 Å². The van der Waals surface area contributed by atoms with Crippen molar-refractivity contribution in [1.29, 1.82) is 0 Å². The Balaban J connectivity index is 1.26. The van der Waals surface area contributed by atoms with Crippen molar-refractivity contribution >= 4 is 13.8 Å². The van der Waals surface area contributed by atoms with Gasteiger partial charge in [0.2, 0.25) is 0 Å². The van der Waals surface area contributed by atoms with Crippen LogP contribution < -0.4 is 0 Å². The van der Waals surface area contributed by atoms with Gasteiger partial charge in [0.15, 0.2) is 0 Å². The Morgan fingerprint density at radius 3 is 1.46 bits per heavy atom. The van der Waals surface area contributed by atoms with Crippen LogP contribution in [0.25, 0.3) is 0 Å². The van der Waals surface area contributed by atoms with Crippen molar-refractivity contribution in [3.05, 3.63) is 21.1 Å². The van der Waals surface area contributed by atoms with E-state index >= 15 is 0 Å². The summed E-state index contributed by atoms with van der Waals surface area (Å²) in [6.45, 7) is 0. The van der Waals surface area contributed by atoms with Gasteiger partial charge in [0.05, 0.1) is 0 Å². The second kappa shape index (κ2) is 5.04. The van der Waals surface area contributed by atoms with Crippen molar-refractivity contribution in [2.45, 2.75) is 77.0 Å². The second-order valence-corrected chi connectivity index (χ2v) is 14.4. The van der Waals surface area contributed by atoms with Gasteiger partial charge >= 0.3 is 162 Å². The summed E-state index contributed by atoms with van der Waals surface area (Å²) >= 11 is -1.91. The van der Waals surface area contributed by atoms with Crippen LogP contribution in [0.3, 0.4) is 0 Å². The summed E-state index contributed by atoms with van der Waals surface area (Å²) in [4.78, 5) is 2.35. The van der Waals surface area contributed by atoms with Crippen LogP contribution >= 0.6 is 0 Å². The van der Waals surface area contributed by atoms with Crippen molar-refractivity contribution in [2.24, 2.45) is 46.3 Å². The summed E-state index contributed by atoms with van der Waals surface area (Å²) < 4.78 is 14.9. The first-order valence-electron chi connectivity index (χ1n) is 11.4. The normalized spacial score (nSPS) is 59.0. The van der Waals surface area contributed by atoms with E-state index in [1.165, 1.54) is 81.5 Å². The Morgan fingerprint density at radius 1 is 0.654 bits per heavy atom. The topological polar surface area (TPSA) is 17.1 Å². The van der Waals surface area contributed by atoms with Crippen LogP contribution in [0, 0.1) is 46.3 Å². The van der Waals surface area contributed by atoms with Crippen LogP contribution in [-0.2, 0) is 3.83 Å². The third kappa shape index (κ3) is 2.04. The van der Waals surface area contributed by atoms with Crippen LogP contribution in [0.5, 0.6) is 0 Å². The number of hydrogen-bond donors (Lipinski definition) is 0. The predicted molar refractivity (Wildman–Crippen MR) is 104 cm³/mol. The predicted octanol–water partition coefficient (Wildman–Crippen LogP) is 5.79. The Kier molecular flexibility index (Phi) is 3.04. The van der Waals surface area contributed by atoms with Crippen molar-refractivity contribution < 1.29 is 3.83 Å². The monoisotopic (exact) mass is 416 g/mol. The van der Waals surface area contributed by atoms with Gasteiger partial charge in [0.1, 0.15) is 0 Å². The van der Waals surface area contributed by atoms with Gasteiger partial charge < -0.3 is 0 Å². The van der Waals surface area contributed by atoms with Crippen LogP contribution in [0.1, 0.15) is 77.0 Å². The molecular formula is C24H32OSe. The molecule has 9 aliphatic rings. The van der Waals surface area contributed by atoms with Crippen LogP contribution in [0.4, 0.5) is 0 Å². The summed E-state index contributed by atoms with van der Waals surface area (Å²) in [6, 6.07) is 0. The average Bonchev–Trinajstić information content (AvgIpc) is 2.96. The van der Waals surface area contributed by atoms with Crippen LogP contribution in [0.15, 0.2) is 21.1 Å². The van der Waals surface area contributed by atoms with Crippen LogP contribution in [0.2, 0.25) is 0 Å². The molecule has 140 valence electrons. The van der Waals surface area contributed by atoms with E-state index in [0.717, 1.165) is 35.5 Å². The van der Waals surface area contributed by atoms with Gasteiger partial charge in [-0.05, 0) is 0 Å². The first-order chi connectivity index (χ1) is 12.6. The standard InChI is InChI=1S/C24H32OSe/c25-26-14-21(23-8-15-1-16(9-23)3-17(2-15)10-23)7-22(26)24-11-18-4-19(12-24)6-20(5-18)13-24/h7,14-20H,1-6,8-13H2. The molecular weight excluding hydrogens is 383 g/mol. The first-order valence-corrected chi connectivity index (χ1v) is 14.0. The SMILES string of the molecule is O=[Se]1C=C(C23CC4CC(CC(C4)C2)C3)C=C1C12CC3CC(CC(C3)C1)C2. The third-order valence-electron chi connectivity index (χ3n) is 9.95.